The average Bonchev–Trinajstić information content (AvgIpc) is 2.47. The van der Waals surface area contributed by atoms with Crippen LogP contribution < -0.4 is 0 Å². The van der Waals surface area contributed by atoms with Gasteiger partial charge in [0.1, 0.15) is 6.61 Å². The fourth-order valence-electron chi connectivity index (χ4n) is 0.733. The fraction of sp³-hybridized carbons (Fsp3) is 0.429. The van der Waals surface area contributed by atoms with Crippen LogP contribution in [0.15, 0.2) is 12.5 Å². The summed E-state index contributed by atoms with van der Waals surface area (Å²) in [5, 5.41) is 0. The van der Waals surface area contributed by atoms with Crippen LogP contribution in [0.1, 0.15) is 5.69 Å². The summed E-state index contributed by atoms with van der Waals surface area (Å²) in [6, 6.07) is 0. The maximum absolute atomic E-state index is 10.5. The Morgan fingerprint density at radius 2 is 2.50 bits per heavy atom. The van der Waals surface area contributed by atoms with Crippen molar-refractivity contribution in [3.8, 4) is 0 Å². The molecule has 0 radical (unpaired) electrons. The zero-order valence-corrected chi connectivity index (χ0v) is 6.98. The summed E-state index contributed by atoms with van der Waals surface area (Å²) >= 11 is 0. The highest BCUT2D eigenvalue weighted by Gasteiger charge is 2.02. The van der Waals surface area contributed by atoms with E-state index in [0.29, 0.717) is 5.69 Å². The lowest BCUT2D eigenvalue weighted by Gasteiger charge is -1.98. The molecule has 0 fully saturated rings. The normalized spacial score (nSPS) is 9.50. The number of hydrogen-bond donors (Lipinski definition) is 0. The molecule has 0 spiro atoms. The maximum Gasteiger partial charge on any atom is 0.508 e. The zero-order chi connectivity index (χ0) is 8.97. The van der Waals surface area contributed by atoms with Crippen LogP contribution in [-0.4, -0.2) is 22.8 Å². The van der Waals surface area contributed by atoms with E-state index in [1.165, 1.54) is 7.11 Å². The van der Waals surface area contributed by atoms with Crippen molar-refractivity contribution in [3.05, 3.63) is 18.2 Å². The Kier molecular flexibility index (Phi) is 2.68. The number of imidazole rings is 1. The number of methoxy groups -OCH3 is 1. The molecule has 0 aliphatic rings. The number of rotatable bonds is 2. The lowest BCUT2D eigenvalue weighted by Crippen LogP contribution is -2.04. The summed E-state index contributed by atoms with van der Waals surface area (Å²) in [7, 11) is 3.11. The summed E-state index contributed by atoms with van der Waals surface area (Å²) in [5.74, 6) is 0. The summed E-state index contributed by atoms with van der Waals surface area (Å²) in [6.07, 6.45) is 2.71. The third-order valence-electron chi connectivity index (χ3n) is 1.26. The van der Waals surface area contributed by atoms with Gasteiger partial charge in [0.15, 0.2) is 0 Å². The average molecular weight is 170 g/mol. The lowest BCUT2D eigenvalue weighted by molar-refractivity contribution is 0.0660. The van der Waals surface area contributed by atoms with Crippen molar-refractivity contribution < 1.29 is 14.3 Å². The van der Waals surface area contributed by atoms with Gasteiger partial charge in [0.05, 0.1) is 19.1 Å². The van der Waals surface area contributed by atoms with E-state index >= 15 is 0 Å². The molecule has 0 aliphatic carbocycles. The SMILES string of the molecule is COC(=O)OCc1cn(C)cn1. The van der Waals surface area contributed by atoms with Gasteiger partial charge in [0.25, 0.3) is 0 Å². The molecule has 0 bridgehead atoms. The molecule has 0 saturated carbocycles. The smallest absolute Gasteiger partial charge is 0.438 e. The van der Waals surface area contributed by atoms with Gasteiger partial charge < -0.3 is 14.0 Å². The van der Waals surface area contributed by atoms with Gasteiger partial charge in [0.2, 0.25) is 0 Å². The number of nitrogens with zero attached hydrogens (tertiary/aromatic N) is 2. The third-order valence-corrected chi connectivity index (χ3v) is 1.26. The van der Waals surface area contributed by atoms with Gasteiger partial charge >= 0.3 is 6.16 Å². The zero-order valence-electron chi connectivity index (χ0n) is 6.98. The minimum Gasteiger partial charge on any atom is -0.438 e. The van der Waals surface area contributed by atoms with Crippen molar-refractivity contribution in [2.75, 3.05) is 7.11 Å². The van der Waals surface area contributed by atoms with Crippen LogP contribution in [0, 0.1) is 0 Å². The van der Waals surface area contributed by atoms with Crippen molar-refractivity contribution in [1.29, 1.82) is 0 Å². The van der Waals surface area contributed by atoms with Crippen LogP contribution in [-0.2, 0) is 23.1 Å². The van der Waals surface area contributed by atoms with E-state index in [1.54, 1.807) is 17.1 Å². The van der Waals surface area contributed by atoms with Gasteiger partial charge in [-0.25, -0.2) is 9.78 Å². The molecule has 1 heterocycles. The first-order chi connectivity index (χ1) is 5.72. The monoisotopic (exact) mass is 170 g/mol. The van der Waals surface area contributed by atoms with E-state index < -0.39 is 6.16 Å². The highest BCUT2D eigenvalue weighted by atomic mass is 16.7. The summed E-state index contributed by atoms with van der Waals surface area (Å²) < 4.78 is 10.7. The molecule has 12 heavy (non-hydrogen) atoms. The number of aromatic nitrogens is 2. The second kappa shape index (κ2) is 3.75. The van der Waals surface area contributed by atoms with E-state index in [-0.39, 0.29) is 6.61 Å². The molecule has 1 rings (SSSR count). The molecule has 0 atom stereocenters. The minimum absolute atomic E-state index is 0.146. The standard InChI is InChI=1S/C7H10N2O3/c1-9-3-6(8-5-9)4-12-7(10)11-2/h3,5H,4H2,1-2H3. The van der Waals surface area contributed by atoms with Crippen LogP contribution >= 0.6 is 0 Å². The Balaban J connectivity index is 2.38. The molecular formula is C7H10N2O3. The van der Waals surface area contributed by atoms with Gasteiger partial charge in [-0.15, -0.1) is 0 Å². The first-order valence-electron chi connectivity index (χ1n) is 3.40. The van der Waals surface area contributed by atoms with Gasteiger partial charge in [-0.05, 0) is 0 Å². The molecular weight excluding hydrogens is 160 g/mol. The van der Waals surface area contributed by atoms with Gasteiger partial charge in [-0.3, -0.25) is 0 Å². The molecule has 5 nitrogen and oxygen atoms in total. The molecule has 0 amide bonds. The van der Waals surface area contributed by atoms with Gasteiger partial charge in [-0.1, -0.05) is 0 Å². The number of carbonyl (C=O) groups is 1. The van der Waals surface area contributed by atoms with Crippen molar-refractivity contribution in [3.63, 3.8) is 0 Å². The summed E-state index contributed by atoms with van der Waals surface area (Å²) in [6.45, 7) is 0.146. The topological polar surface area (TPSA) is 53.4 Å². The molecule has 0 saturated heterocycles. The first-order valence-corrected chi connectivity index (χ1v) is 3.40. The van der Waals surface area contributed by atoms with E-state index in [2.05, 4.69) is 14.5 Å². The Bertz CT molecular complexity index is 269. The van der Waals surface area contributed by atoms with Gasteiger partial charge in [-0.2, -0.15) is 0 Å². The van der Waals surface area contributed by atoms with Crippen molar-refractivity contribution in [2.24, 2.45) is 7.05 Å². The van der Waals surface area contributed by atoms with Crippen molar-refractivity contribution >= 4 is 6.16 Å². The fourth-order valence-corrected chi connectivity index (χ4v) is 0.733. The molecule has 66 valence electrons. The maximum atomic E-state index is 10.5. The highest BCUT2D eigenvalue weighted by Crippen LogP contribution is 1.97. The summed E-state index contributed by atoms with van der Waals surface area (Å²) in [5.41, 5.74) is 0.697. The number of hydrogen-bond acceptors (Lipinski definition) is 4. The molecule has 1 aromatic rings. The molecule has 0 aliphatic heterocycles. The number of aryl methyl sites for hydroxylation is 1. The van der Waals surface area contributed by atoms with Crippen LogP contribution in [0.3, 0.4) is 0 Å². The number of carbonyl (C=O) groups excluding carboxylic acids is 1. The van der Waals surface area contributed by atoms with E-state index in [4.69, 9.17) is 0 Å². The van der Waals surface area contributed by atoms with Crippen LogP contribution in [0.5, 0.6) is 0 Å². The predicted octanol–water partition coefficient (Wildman–Crippen LogP) is 0.703. The Morgan fingerprint density at radius 3 is 3.00 bits per heavy atom. The Morgan fingerprint density at radius 1 is 1.75 bits per heavy atom. The summed E-state index contributed by atoms with van der Waals surface area (Å²) in [4.78, 5) is 14.5. The van der Waals surface area contributed by atoms with E-state index in [1.807, 2.05) is 7.05 Å². The molecule has 0 N–H and O–H groups in total. The minimum atomic E-state index is -0.694. The lowest BCUT2D eigenvalue weighted by atomic mass is 10.5. The number of ether oxygens (including phenoxy) is 2. The first kappa shape index (κ1) is 8.58. The Labute approximate surface area is 69.9 Å². The van der Waals surface area contributed by atoms with E-state index in [0.717, 1.165) is 0 Å². The van der Waals surface area contributed by atoms with Crippen molar-refractivity contribution in [2.45, 2.75) is 6.61 Å². The second-order valence-corrected chi connectivity index (χ2v) is 2.27. The quantitative estimate of drug-likeness (QED) is 0.613. The van der Waals surface area contributed by atoms with E-state index in [9.17, 15) is 4.79 Å². The molecule has 1 aromatic heterocycles. The molecule has 0 aromatic carbocycles. The largest absolute Gasteiger partial charge is 0.508 e. The highest BCUT2D eigenvalue weighted by molar-refractivity contribution is 5.59. The van der Waals surface area contributed by atoms with Crippen molar-refractivity contribution in [1.82, 2.24) is 9.55 Å². The third kappa shape index (κ3) is 2.26. The Hall–Kier alpha value is -1.52. The van der Waals surface area contributed by atoms with Gasteiger partial charge in [0, 0.05) is 13.2 Å². The van der Waals surface area contributed by atoms with Crippen LogP contribution in [0.2, 0.25) is 0 Å². The molecule has 5 heteroatoms. The van der Waals surface area contributed by atoms with Crippen LogP contribution in [0.25, 0.3) is 0 Å². The molecule has 0 unspecified atom stereocenters. The second-order valence-electron chi connectivity index (χ2n) is 2.27. The predicted molar refractivity (Wildman–Crippen MR) is 40.4 cm³/mol. The van der Waals surface area contributed by atoms with Crippen LogP contribution in [0.4, 0.5) is 4.79 Å².